The second-order valence-electron chi connectivity index (χ2n) is 5.24. The number of guanidine groups is 1. The molecule has 0 fully saturated rings. The van der Waals surface area contributed by atoms with Crippen LogP contribution in [0.2, 0.25) is 5.02 Å². The second-order valence-corrected chi connectivity index (χ2v) is 5.68. The van der Waals surface area contributed by atoms with Crippen LogP contribution in [0.5, 0.6) is 0 Å². The van der Waals surface area contributed by atoms with Crippen molar-refractivity contribution in [2.24, 2.45) is 4.99 Å². The molecule has 0 saturated heterocycles. The van der Waals surface area contributed by atoms with E-state index in [9.17, 15) is 0 Å². The van der Waals surface area contributed by atoms with Gasteiger partial charge in [0.2, 0.25) is 0 Å². The second kappa shape index (κ2) is 7.84. The summed E-state index contributed by atoms with van der Waals surface area (Å²) in [6.07, 6.45) is 3.89. The molecule has 0 aliphatic rings. The van der Waals surface area contributed by atoms with Gasteiger partial charge in [0.25, 0.3) is 0 Å². The molecule has 1 aromatic carbocycles. The van der Waals surface area contributed by atoms with Crippen LogP contribution in [0.1, 0.15) is 11.1 Å². The first-order chi connectivity index (χ1) is 10.6. The highest BCUT2D eigenvalue weighted by Gasteiger charge is 2.06. The maximum Gasteiger partial charge on any atom is 0.193 e. The van der Waals surface area contributed by atoms with Crippen molar-refractivity contribution in [3.8, 4) is 0 Å². The number of benzene rings is 1. The molecule has 1 N–H and O–H groups in total. The molecule has 0 bridgehead atoms. The fourth-order valence-corrected chi connectivity index (χ4v) is 2.45. The monoisotopic (exact) mass is 319 g/mol. The fraction of sp³-hybridized carbons (Fsp3) is 0.375. The maximum absolute atomic E-state index is 6.02. The molecule has 0 aliphatic carbocycles. The summed E-state index contributed by atoms with van der Waals surface area (Å²) >= 11 is 6.02. The lowest BCUT2D eigenvalue weighted by Crippen LogP contribution is -2.39. The Hall–Kier alpha value is -2.01. The predicted molar refractivity (Wildman–Crippen MR) is 91.2 cm³/mol. The van der Waals surface area contributed by atoms with Crippen molar-refractivity contribution in [3.63, 3.8) is 0 Å². The molecule has 2 aromatic rings. The van der Waals surface area contributed by atoms with E-state index < -0.39 is 0 Å². The molecule has 22 heavy (non-hydrogen) atoms. The van der Waals surface area contributed by atoms with Crippen molar-refractivity contribution in [2.75, 3.05) is 20.6 Å². The number of aryl methyl sites for hydroxylation is 1. The first-order valence-electron chi connectivity index (χ1n) is 7.24. The van der Waals surface area contributed by atoms with Crippen molar-refractivity contribution in [1.29, 1.82) is 0 Å². The van der Waals surface area contributed by atoms with Crippen molar-refractivity contribution < 1.29 is 0 Å². The highest BCUT2D eigenvalue weighted by molar-refractivity contribution is 6.30. The maximum atomic E-state index is 6.02. The minimum Gasteiger partial charge on any atom is -0.354 e. The largest absolute Gasteiger partial charge is 0.354 e. The summed E-state index contributed by atoms with van der Waals surface area (Å²) in [7, 11) is 3.79. The molecule has 0 atom stereocenters. The Morgan fingerprint density at radius 2 is 2.27 bits per heavy atom. The number of halogens is 1. The van der Waals surface area contributed by atoms with Gasteiger partial charge in [-0.25, -0.2) is 0 Å². The summed E-state index contributed by atoms with van der Waals surface area (Å²) in [5.41, 5.74) is 2.32. The number of rotatable bonds is 5. The molecule has 5 nitrogen and oxygen atoms in total. The van der Waals surface area contributed by atoms with Crippen LogP contribution in [0.3, 0.4) is 0 Å². The van der Waals surface area contributed by atoms with Gasteiger partial charge in [0.05, 0.1) is 12.7 Å². The Labute approximate surface area is 136 Å². The Kier molecular flexibility index (Phi) is 5.83. The Bertz CT molecular complexity index is 635. The molecular weight excluding hydrogens is 298 g/mol. The van der Waals surface area contributed by atoms with E-state index in [4.69, 9.17) is 11.6 Å². The molecule has 6 heteroatoms. The molecule has 0 amide bonds. The average Bonchev–Trinajstić information content (AvgIpc) is 2.89. The zero-order chi connectivity index (χ0) is 15.9. The third-order valence-corrected chi connectivity index (χ3v) is 3.50. The Balaban J connectivity index is 1.85. The molecule has 2 rings (SSSR count). The van der Waals surface area contributed by atoms with Gasteiger partial charge >= 0.3 is 0 Å². The molecule has 118 valence electrons. The van der Waals surface area contributed by atoms with E-state index in [0.29, 0.717) is 0 Å². The molecule has 0 aliphatic heterocycles. The summed E-state index contributed by atoms with van der Waals surface area (Å²) in [6, 6.07) is 7.87. The highest BCUT2D eigenvalue weighted by Crippen LogP contribution is 2.12. The first-order valence-corrected chi connectivity index (χ1v) is 7.61. The van der Waals surface area contributed by atoms with Crippen molar-refractivity contribution in [3.05, 3.63) is 52.8 Å². The zero-order valence-electron chi connectivity index (χ0n) is 13.3. The van der Waals surface area contributed by atoms with Crippen molar-refractivity contribution in [2.45, 2.75) is 20.0 Å². The smallest absolute Gasteiger partial charge is 0.193 e. The molecule has 1 aromatic heterocycles. The first kappa shape index (κ1) is 16.4. The van der Waals surface area contributed by atoms with E-state index in [1.165, 1.54) is 5.56 Å². The van der Waals surface area contributed by atoms with Crippen molar-refractivity contribution >= 4 is 17.6 Å². The van der Waals surface area contributed by atoms with E-state index in [0.717, 1.165) is 36.2 Å². The average molecular weight is 320 g/mol. The van der Waals surface area contributed by atoms with Gasteiger partial charge in [-0.1, -0.05) is 23.7 Å². The van der Waals surface area contributed by atoms with Gasteiger partial charge in [0.15, 0.2) is 5.96 Å². The summed E-state index contributed by atoms with van der Waals surface area (Å²) in [5, 5.41) is 8.37. The van der Waals surface area contributed by atoms with Crippen LogP contribution < -0.4 is 5.32 Å². The topological polar surface area (TPSA) is 45.5 Å². The number of nitrogens with one attached hydrogen (secondary N) is 1. The Morgan fingerprint density at radius 3 is 2.91 bits per heavy atom. The lowest BCUT2D eigenvalue weighted by atomic mass is 10.2. The van der Waals surface area contributed by atoms with Crippen LogP contribution in [0, 0.1) is 6.92 Å². The lowest BCUT2D eigenvalue weighted by Gasteiger charge is -2.22. The van der Waals surface area contributed by atoms with E-state index in [1.807, 2.05) is 49.2 Å². The molecule has 0 radical (unpaired) electrons. The van der Waals surface area contributed by atoms with Crippen LogP contribution >= 0.6 is 11.6 Å². The quantitative estimate of drug-likeness (QED) is 0.680. The normalized spacial score (nSPS) is 11.5. The third kappa shape index (κ3) is 4.77. The van der Waals surface area contributed by atoms with E-state index >= 15 is 0 Å². The minimum atomic E-state index is 0.751. The standard InChI is InChI=1S/C16H22ClN5/c1-13-10-20-22(11-13)8-7-19-16(18-2)21(3)12-14-5-4-6-15(17)9-14/h4-6,9-11H,7-8,12H2,1-3H3,(H,18,19). The van der Waals surface area contributed by atoms with E-state index in [1.54, 1.807) is 7.05 Å². The van der Waals surface area contributed by atoms with Gasteiger partial charge in [0, 0.05) is 38.4 Å². The minimum absolute atomic E-state index is 0.751. The van der Waals surface area contributed by atoms with Gasteiger partial charge in [-0.2, -0.15) is 5.10 Å². The zero-order valence-corrected chi connectivity index (χ0v) is 14.0. The molecule has 1 heterocycles. The third-order valence-electron chi connectivity index (χ3n) is 3.27. The molecule has 0 saturated carbocycles. The van der Waals surface area contributed by atoms with Crippen LogP contribution in [0.15, 0.2) is 41.7 Å². The van der Waals surface area contributed by atoms with Crippen LogP contribution in [0.4, 0.5) is 0 Å². The highest BCUT2D eigenvalue weighted by atomic mass is 35.5. The van der Waals surface area contributed by atoms with Gasteiger partial charge in [-0.3, -0.25) is 9.67 Å². The van der Waals surface area contributed by atoms with Gasteiger partial charge < -0.3 is 10.2 Å². The van der Waals surface area contributed by atoms with Gasteiger partial charge in [-0.05, 0) is 30.2 Å². The summed E-state index contributed by atoms with van der Waals surface area (Å²) in [4.78, 5) is 6.38. The predicted octanol–water partition coefficient (Wildman–Crippen LogP) is 2.55. The SMILES string of the molecule is CN=C(NCCn1cc(C)cn1)N(C)Cc1cccc(Cl)c1. The Morgan fingerprint density at radius 1 is 1.45 bits per heavy atom. The number of aliphatic imine (C=N–C) groups is 1. The number of aromatic nitrogens is 2. The lowest BCUT2D eigenvalue weighted by molar-refractivity contribution is 0.470. The fourth-order valence-electron chi connectivity index (χ4n) is 2.24. The molecular formula is C16H22ClN5. The van der Waals surface area contributed by atoms with E-state index in [2.05, 4.69) is 26.4 Å². The summed E-state index contributed by atoms with van der Waals surface area (Å²) < 4.78 is 1.92. The van der Waals surface area contributed by atoms with Gasteiger partial charge in [-0.15, -0.1) is 0 Å². The number of hydrogen-bond acceptors (Lipinski definition) is 2. The molecule has 0 unspecified atom stereocenters. The van der Waals surface area contributed by atoms with Gasteiger partial charge in [0.1, 0.15) is 0 Å². The van der Waals surface area contributed by atoms with Crippen molar-refractivity contribution in [1.82, 2.24) is 20.0 Å². The molecule has 0 spiro atoms. The van der Waals surface area contributed by atoms with Crippen LogP contribution in [0.25, 0.3) is 0 Å². The summed E-state index contributed by atoms with van der Waals surface area (Å²) in [6.45, 7) is 4.36. The van der Waals surface area contributed by atoms with Crippen LogP contribution in [-0.2, 0) is 13.1 Å². The number of hydrogen-bond donors (Lipinski definition) is 1. The summed E-state index contributed by atoms with van der Waals surface area (Å²) in [5.74, 6) is 0.851. The van der Waals surface area contributed by atoms with Crippen LogP contribution in [-0.4, -0.2) is 41.3 Å². The number of nitrogens with zero attached hydrogens (tertiary/aromatic N) is 4. The van der Waals surface area contributed by atoms with E-state index in [-0.39, 0.29) is 0 Å².